The maximum Gasteiger partial charge on any atom is 0.219 e. The van der Waals surface area contributed by atoms with Gasteiger partial charge in [0.15, 0.2) is 0 Å². The monoisotopic (exact) mass is 187 g/mol. The zero-order valence-corrected chi connectivity index (χ0v) is 7.44. The normalized spacial score (nSPS) is 10.0. The summed E-state index contributed by atoms with van der Waals surface area (Å²) in [6.07, 6.45) is 4.93. The first-order chi connectivity index (χ1) is 6.77. The maximum absolute atomic E-state index is 5.37. The number of aromatic nitrogens is 4. The van der Waals surface area contributed by atoms with Crippen LogP contribution in [0, 0.1) is 0 Å². The Kier molecular flexibility index (Phi) is 1.98. The van der Waals surface area contributed by atoms with Gasteiger partial charge in [-0.05, 0) is 6.07 Å². The molecular formula is C9H9N5. The van der Waals surface area contributed by atoms with E-state index in [-0.39, 0.29) is 5.95 Å². The molecule has 0 aliphatic heterocycles. The molecule has 0 amide bonds. The Morgan fingerprint density at radius 3 is 2.64 bits per heavy atom. The molecule has 14 heavy (non-hydrogen) atoms. The summed E-state index contributed by atoms with van der Waals surface area (Å²) in [5.41, 5.74) is 7.84. The van der Waals surface area contributed by atoms with Crippen LogP contribution in [0.15, 0.2) is 31.2 Å². The van der Waals surface area contributed by atoms with E-state index in [1.54, 1.807) is 18.6 Å². The molecule has 0 saturated carbocycles. The Morgan fingerprint density at radius 1 is 1.36 bits per heavy atom. The van der Waals surface area contributed by atoms with E-state index in [1.807, 2.05) is 6.07 Å². The Hall–Kier alpha value is -2.17. The van der Waals surface area contributed by atoms with E-state index < -0.39 is 0 Å². The fourth-order valence-corrected chi connectivity index (χ4v) is 1.07. The summed E-state index contributed by atoms with van der Waals surface area (Å²) in [5.74, 6) is 0.256. The van der Waals surface area contributed by atoms with Crippen molar-refractivity contribution in [1.29, 1.82) is 0 Å². The van der Waals surface area contributed by atoms with Crippen LogP contribution in [0.25, 0.3) is 5.57 Å². The van der Waals surface area contributed by atoms with Crippen LogP contribution in [0.4, 0.5) is 5.95 Å². The quantitative estimate of drug-likeness (QED) is 0.730. The average molecular weight is 187 g/mol. The first-order valence-corrected chi connectivity index (χ1v) is 4.04. The van der Waals surface area contributed by atoms with Gasteiger partial charge >= 0.3 is 0 Å². The summed E-state index contributed by atoms with van der Waals surface area (Å²) in [6, 6.07) is 1.83. The minimum atomic E-state index is 0.256. The minimum absolute atomic E-state index is 0.256. The predicted molar refractivity (Wildman–Crippen MR) is 53.2 cm³/mol. The van der Waals surface area contributed by atoms with E-state index in [0.29, 0.717) is 0 Å². The molecule has 2 aromatic heterocycles. The fraction of sp³-hybridized carbons (Fsp3) is 0. The molecule has 2 aromatic rings. The second-order valence-electron chi connectivity index (χ2n) is 2.78. The molecule has 5 nitrogen and oxygen atoms in total. The number of aromatic amines is 1. The number of H-pyrrole nitrogens is 1. The largest absolute Gasteiger partial charge is 0.368 e. The predicted octanol–water partition coefficient (Wildman–Crippen LogP) is 0.843. The van der Waals surface area contributed by atoms with Gasteiger partial charge in [-0.15, -0.1) is 0 Å². The lowest BCUT2D eigenvalue weighted by Crippen LogP contribution is -1.96. The summed E-state index contributed by atoms with van der Waals surface area (Å²) >= 11 is 0. The third kappa shape index (κ3) is 1.47. The van der Waals surface area contributed by atoms with Crippen molar-refractivity contribution in [3.05, 3.63) is 42.5 Å². The zero-order valence-electron chi connectivity index (χ0n) is 7.44. The molecule has 0 aliphatic carbocycles. The van der Waals surface area contributed by atoms with Gasteiger partial charge in [0, 0.05) is 29.7 Å². The van der Waals surface area contributed by atoms with Crippen molar-refractivity contribution in [3.63, 3.8) is 0 Å². The highest BCUT2D eigenvalue weighted by Crippen LogP contribution is 2.17. The Bertz CT molecular complexity index is 429. The molecule has 2 rings (SSSR count). The molecular weight excluding hydrogens is 178 g/mol. The molecule has 70 valence electrons. The molecule has 0 aromatic carbocycles. The van der Waals surface area contributed by atoms with E-state index in [0.717, 1.165) is 16.8 Å². The summed E-state index contributed by atoms with van der Waals surface area (Å²) in [7, 11) is 0. The molecule has 0 radical (unpaired) electrons. The molecule has 0 spiro atoms. The zero-order chi connectivity index (χ0) is 9.97. The van der Waals surface area contributed by atoms with Gasteiger partial charge in [-0.1, -0.05) is 6.58 Å². The Labute approximate surface area is 80.7 Å². The molecule has 0 unspecified atom stereocenters. The van der Waals surface area contributed by atoms with Gasteiger partial charge in [-0.25, -0.2) is 9.97 Å². The van der Waals surface area contributed by atoms with Gasteiger partial charge in [-0.2, -0.15) is 5.10 Å². The third-order valence-corrected chi connectivity index (χ3v) is 1.85. The summed E-state index contributed by atoms with van der Waals surface area (Å²) in [5, 5.41) is 6.65. The second kappa shape index (κ2) is 3.29. The maximum atomic E-state index is 5.37. The number of nitrogen functional groups attached to an aromatic ring is 1. The SMILES string of the molecule is C=C(c1cnc(N)nc1)c1ccn[nH]1. The summed E-state index contributed by atoms with van der Waals surface area (Å²) in [4.78, 5) is 7.76. The molecule has 0 saturated heterocycles. The Balaban J connectivity index is 2.33. The van der Waals surface area contributed by atoms with Gasteiger partial charge < -0.3 is 5.73 Å². The van der Waals surface area contributed by atoms with Crippen LogP contribution in [-0.2, 0) is 0 Å². The van der Waals surface area contributed by atoms with Crippen molar-refractivity contribution < 1.29 is 0 Å². The first kappa shape index (κ1) is 8.43. The lowest BCUT2D eigenvalue weighted by molar-refractivity contribution is 1.07. The molecule has 5 heteroatoms. The van der Waals surface area contributed by atoms with E-state index in [2.05, 4.69) is 26.7 Å². The summed E-state index contributed by atoms with van der Waals surface area (Å²) in [6.45, 7) is 3.91. The van der Waals surface area contributed by atoms with Gasteiger partial charge in [0.05, 0.1) is 5.69 Å². The minimum Gasteiger partial charge on any atom is -0.368 e. The van der Waals surface area contributed by atoms with Crippen LogP contribution >= 0.6 is 0 Å². The van der Waals surface area contributed by atoms with Crippen LogP contribution in [0.2, 0.25) is 0 Å². The molecule has 2 heterocycles. The smallest absolute Gasteiger partial charge is 0.219 e. The molecule has 0 fully saturated rings. The number of anilines is 1. The van der Waals surface area contributed by atoms with E-state index in [4.69, 9.17) is 5.73 Å². The number of rotatable bonds is 2. The van der Waals surface area contributed by atoms with Crippen molar-refractivity contribution in [2.75, 3.05) is 5.73 Å². The van der Waals surface area contributed by atoms with Crippen LogP contribution in [0.5, 0.6) is 0 Å². The van der Waals surface area contributed by atoms with Crippen LogP contribution in [0.1, 0.15) is 11.3 Å². The van der Waals surface area contributed by atoms with E-state index in [1.165, 1.54) is 0 Å². The van der Waals surface area contributed by atoms with Gasteiger partial charge in [0.2, 0.25) is 5.95 Å². The molecule has 0 aliphatic rings. The highest BCUT2D eigenvalue weighted by atomic mass is 15.1. The summed E-state index contributed by atoms with van der Waals surface area (Å²) < 4.78 is 0. The van der Waals surface area contributed by atoms with Crippen molar-refractivity contribution in [3.8, 4) is 0 Å². The van der Waals surface area contributed by atoms with Crippen molar-refractivity contribution in [2.24, 2.45) is 0 Å². The number of hydrogen-bond acceptors (Lipinski definition) is 4. The topological polar surface area (TPSA) is 80.5 Å². The van der Waals surface area contributed by atoms with Crippen molar-refractivity contribution in [1.82, 2.24) is 20.2 Å². The number of nitrogens with zero attached hydrogens (tertiary/aromatic N) is 3. The van der Waals surface area contributed by atoms with Crippen LogP contribution < -0.4 is 5.73 Å². The van der Waals surface area contributed by atoms with E-state index >= 15 is 0 Å². The van der Waals surface area contributed by atoms with Gasteiger partial charge in [0.25, 0.3) is 0 Å². The van der Waals surface area contributed by atoms with Gasteiger partial charge in [-0.3, -0.25) is 5.10 Å². The lowest BCUT2D eigenvalue weighted by atomic mass is 10.1. The number of nitrogens with two attached hydrogens (primary N) is 1. The third-order valence-electron chi connectivity index (χ3n) is 1.85. The number of hydrogen-bond donors (Lipinski definition) is 2. The van der Waals surface area contributed by atoms with Crippen LogP contribution in [0.3, 0.4) is 0 Å². The molecule has 3 N–H and O–H groups in total. The van der Waals surface area contributed by atoms with E-state index in [9.17, 15) is 0 Å². The Morgan fingerprint density at radius 2 is 2.07 bits per heavy atom. The standard InChI is InChI=1S/C9H9N5/c1-6(8-2-3-13-14-8)7-4-11-9(10)12-5-7/h2-5H,1H2,(H,13,14)(H2,10,11,12). The molecule has 0 bridgehead atoms. The highest BCUT2D eigenvalue weighted by Gasteiger charge is 2.03. The highest BCUT2D eigenvalue weighted by molar-refractivity contribution is 5.74. The lowest BCUT2D eigenvalue weighted by Gasteiger charge is -2.01. The fourth-order valence-electron chi connectivity index (χ4n) is 1.07. The van der Waals surface area contributed by atoms with Gasteiger partial charge in [0.1, 0.15) is 0 Å². The van der Waals surface area contributed by atoms with Crippen molar-refractivity contribution >= 4 is 11.5 Å². The van der Waals surface area contributed by atoms with Crippen LogP contribution in [-0.4, -0.2) is 20.2 Å². The average Bonchev–Trinajstić information content (AvgIpc) is 2.71. The molecule has 0 atom stereocenters. The second-order valence-corrected chi connectivity index (χ2v) is 2.78. The number of nitrogens with one attached hydrogen (secondary N) is 1. The first-order valence-electron chi connectivity index (χ1n) is 4.04. The van der Waals surface area contributed by atoms with Crippen molar-refractivity contribution in [2.45, 2.75) is 0 Å².